The minimum Gasteiger partial charge on any atom is -0.456 e. The lowest BCUT2D eigenvalue weighted by atomic mass is 10.0. The SMILES string of the molecule is c1ccc(-c2nc(-c3ccc4c5ccccc5n(-c5ccccc5)c4c3)nc(-c3cc4c(cc3-n3c5cc6ccccc6cc5c5cc6ccccc6cc53)oc3ccccc34)n2)cc1. The summed E-state index contributed by atoms with van der Waals surface area (Å²) in [6, 6.07) is 75.1. The van der Waals surface area contributed by atoms with Gasteiger partial charge in [-0.15, -0.1) is 0 Å². The third kappa shape index (κ3) is 5.51. The molecule has 0 aliphatic rings. The molecule has 6 nitrogen and oxygen atoms in total. The van der Waals surface area contributed by atoms with Gasteiger partial charge in [-0.3, -0.25) is 0 Å². The zero-order valence-corrected chi connectivity index (χ0v) is 34.9. The van der Waals surface area contributed by atoms with E-state index in [1.165, 1.54) is 26.9 Å². The highest BCUT2D eigenvalue weighted by Crippen LogP contribution is 2.43. The molecule has 4 aromatic heterocycles. The topological polar surface area (TPSA) is 61.7 Å². The number of fused-ring (bicyclic) bond motifs is 11. The number of furan rings is 1. The van der Waals surface area contributed by atoms with Gasteiger partial charge in [0.2, 0.25) is 0 Å². The fourth-order valence-corrected chi connectivity index (χ4v) is 10.1. The standard InChI is InChI=1S/C59H35N5O/c1-3-15-36(16-4-1)57-60-58(41-27-28-44-43-23-11-13-25-50(43)63(51(44)33-41)42-21-5-2-6-22-42)62-59(61-57)49-34-48-45-24-12-14-26-55(45)65-56(48)35-54(49)64-52-31-39-19-9-7-17-37(39)29-46(52)47-30-38-18-8-10-20-40(38)32-53(47)64/h1-35H. The minimum atomic E-state index is 0.566. The molecule has 0 spiro atoms. The molecule has 6 heteroatoms. The summed E-state index contributed by atoms with van der Waals surface area (Å²) in [5.74, 6) is 1.75. The Hall–Kier alpha value is -8.87. The maximum Gasteiger partial charge on any atom is 0.166 e. The molecule has 0 bridgehead atoms. The van der Waals surface area contributed by atoms with E-state index in [2.05, 4.69) is 191 Å². The fourth-order valence-electron chi connectivity index (χ4n) is 10.1. The summed E-state index contributed by atoms with van der Waals surface area (Å²) >= 11 is 0. The van der Waals surface area contributed by atoms with Crippen LogP contribution in [-0.2, 0) is 0 Å². The zero-order valence-electron chi connectivity index (χ0n) is 34.9. The molecule has 0 atom stereocenters. The van der Waals surface area contributed by atoms with E-state index in [4.69, 9.17) is 19.4 Å². The first kappa shape index (κ1) is 35.7. The van der Waals surface area contributed by atoms with E-state index >= 15 is 0 Å². The number of hydrogen-bond acceptors (Lipinski definition) is 4. The molecule has 14 rings (SSSR count). The van der Waals surface area contributed by atoms with E-state index in [1.54, 1.807) is 0 Å². The van der Waals surface area contributed by atoms with Crippen molar-refractivity contribution < 1.29 is 4.42 Å². The van der Waals surface area contributed by atoms with Gasteiger partial charge in [0.05, 0.1) is 27.8 Å². The highest BCUT2D eigenvalue weighted by Gasteiger charge is 2.24. The van der Waals surface area contributed by atoms with Crippen LogP contribution in [0.3, 0.4) is 0 Å². The number of aromatic nitrogens is 5. The summed E-state index contributed by atoms with van der Waals surface area (Å²) in [6.07, 6.45) is 0. The molecule has 0 N–H and O–H groups in total. The van der Waals surface area contributed by atoms with Crippen LogP contribution in [0.25, 0.3) is 133 Å². The maximum atomic E-state index is 6.68. The summed E-state index contributed by atoms with van der Waals surface area (Å²) in [5, 5.41) is 11.4. The van der Waals surface area contributed by atoms with Crippen molar-refractivity contribution in [1.29, 1.82) is 0 Å². The van der Waals surface area contributed by atoms with Crippen LogP contribution in [0.15, 0.2) is 217 Å². The first-order valence-corrected chi connectivity index (χ1v) is 21.9. The molecule has 0 saturated carbocycles. The van der Waals surface area contributed by atoms with Gasteiger partial charge in [-0.05, 0) is 82.2 Å². The molecule has 0 aliphatic heterocycles. The van der Waals surface area contributed by atoms with E-state index in [0.29, 0.717) is 17.5 Å². The van der Waals surface area contributed by atoms with Crippen molar-refractivity contribution >= 4 is 87.1 Å². The lowest BCUT2D eigenvalue weighted by molar-refractivity contribution is 0.668. The number of rotatable bonds is 5. The van der Waals surface area contributed by atoms with Crippen LogP contribution in [0.1, 0.15) is 0 Å². The largest absolute Gasteiger partial charge is 0.456 e. The predicted octanol–water partition coefficient (Wildman–Crippen LogP) is 15.3. The summed E-state index contributed by atoms with van der Waals surface area (Å²) in [6.45, 7) is 0. The quantitative estimate of drug-likeness (QED) is 0.173. The third-order valence-corrected chi connectivity index (χ3v) is 13.1. The van der Waals surface area contributed by atoms with Crippen LogP contribution in [0.2, 0.25) is 0 Å². The molecule has 14 aromatic rings. The molecular formula is C59H35N5O. The van der Waals surface area contributed by atoms with Gasteiger partial charge in [0.25, 0.3) is 0 Å². The van der Waals surface area contributed by atoms with Gasteiger partial charge in [0.15, 0.2) is 17.5 Å². The van der Waals surface area contributed by atoms with Crippen LogP contribution in [0.4, 0.5) is 0 Å². The molecule has 302 valence electrons. The highest BCUT2D eigenvalue weighted by atomic mass is 16.3. The molecule has 65 heavy (non-hydrogen) atoms. The van der Waals surface area contributed by atoms with E-state index in [-0.39, 0.29) is 0 Å². The van der Waals surface area contributed by atoms with E-state index in [1.807, 2.05) is 30.3 Å². The van der Waals surface area contributed by atoms with E-state index < -0.39 is 0 Å². The number of para-hydroxylation sites is 3. The minimum absolute atomic E-state index is 0.566. The first-order chi connectivity index (χ1) is 32.2. The Bertz CT molecular complexity index is 4150. The second-order valence-corrected chi connectivity index (χ2v) is 16.8. The van der Waals surface area contributed by atoms with Gasteiger partial charge in [-0.1, -0.05) is 146 Å². The Morgan fingerprint density at radius 1 is 0.308 bits per heavy atom. The Balaban J connectivity index is 1.09. The zero-order chi connectivity index (χ0) is 42.6. The lowest BCUT2D eigenvalue weighted by Gasteiger charge is -2.15. The normalized spacial score (nSPS) is 12.0. The molecular weight excluding hydrogens is 795 g/mol. The van der Waals surface area contributed by atoms with Crippen molar-refractivity contribution in [3.8, 4) is 45.5 Å². The molecule has 0 unspecified atom stereocenters. The highest BCUT2D eigenvalue weighted by molar-refractivity contribution is 6.18. The van der Waals surface area contributed by atoms with E-state index in [0.717, 1.165) is 88.2 Å². The van der Waals surface area contributed by atoms with Gasteiger partial charge in [0.1, 0.15) is 11.2 Å². The van der Waals surface area contributed by atoms with Crippen molar-refractivity contribution in [2.45, 2.75) is 0 Å². The van der Waals surface area contributed by atoms with Crippen LogP contribution >= 0.6 is 0 Å². The smallest absolute Gasteiger partial charge is 0.166 e. The summed E-state index contributed by atoms with van der Waals surface area (Å²) in [4.78, 5) is 16.1. The fraction of sp³-hybridized carbons (Fsp3) is 0. The second kappa shape index (κ2) is 13.8. The van der Waals surface area contributed by atoms with Crippen molar-refractivity contribution in [3.05, 3.63) is 212 Å². The van der Waals surface area contributed by atoms with Crippen molar-refractivity contribution in [1.82, 2.24) is 24.1 Å². The number of benzene rings is 10. The molecule has 0 radical (unpaired) electrons. The Kier molecular flexibility index (Phi) is 7.59. The Morgan fingerprint density at radius 3 is 1.55 bits per heavy atom. The number of nitrogens with zero attached hydrogens (tertiary/aromatic N) is 5. The lowest BCUT2D eigenvalue weighted by Crippen LogP contribution is -2.04. The molecule has 0 saturated heterocycles. The Labute approximate surface area is 371 Å². The predicted molar refractivity (Wildman–Crippen MR) is 267 cm³/mol. The molecule has 4 heterocycles. The van der Waals surface area contributed by atoms with Gasteiger partial charge in [-0.25, -0.2) is 15.0 Å². The van der Waals surface area contributed by atoms with Crippen LogP contribution < -0.4 is 0 Å². The Morgan fingerprint density at radius 2 is 0.846 bits per heavy atom. The molecule has 0 fully saturated rings. The summed E-state index contributed by atoms with van der Waals surface area (Å²) < 4.78 is 11.4. The van der Waals surface area contributed by atoms with Crippen LogP contribution in [0, 0.1) is 0 Å². The first-order valence-electron chi connectivity index (χ1n) is 21.9. The number of hydrogen-bond donors (Lipinski definition) is 0. The van der Waals surface area contributed by atoms with Gasteiger partial charge >= 0.3 is 0 Å². The average molecular weight is 830 g/mol. The maximum absolute atomic E-state index is 6.68. The monoisotopic (exact) mass is 829 g/mol. The van der Waals surface area contributed by atoms with Gasteiger partial charge in [-0.2, -0.15) is 0 Å². The van der Waals surface area contributed by atoms with Gasteiger partial charge < -0.3 is 13.6 Å². The third-order valence-electron chi connectivity index (χ3n) is 13.1. The molecule has 10 aromatic carbocycles. The van der Waals surface area contributed by atoms with Crippen molar-refractivity contribution in [3.63, 3.8) is 0 Å². The van der Waals surface area contributed by atoms with Gasteiger partial charge in [0, 0.05) is 60.8 Å². The average Bonchev–Trinajstić information content (AvgIpc) is 4.01. The van der Waals surface area contributed by atoms with E-state index in [9.17, 15) is 0 Å². The van der Waals surface area contributed by atoms with Crippen molar-refractivity contribution in [2.24, 2.45) is 0 Å². The van der Waals surface area contributed by atoms with Crippen molar-refractivity contribution in [2.75, 3.05) is 0 Å². The molecule has 0 aliphatic carbocycles. The second-order valence-electron chi connectivity index (χ2n) is 16.8. The summed E-state index contributed by atoms with van der Waals surface area (Å²) in [5.41, 5.74) is 10.7. The van der Waals surface area contributed by atoms with Crippen LogP contribution in [0.5, 0.6) is 0 Å². The molecule has 0 amide bonds. The summed E-state index contributed by atoms with van der Waals surface area (Å²) in [7, 11) is 0. The van der Waals surface area contributed by atoms with Crippen LogP contribution in [-0.4, -0.2) is 24.1 Å².